The fourth-order valence-corrected chi connectivity index (χ4v) is 5.77. The Hall–Kier alpha value is -2.42. The lowest BCUT2D eigenvalue weighted by Gasteiger charge is -2.29. The van der Waals surface area contributed by atoms with Gasteiger partial charge in [0.25, 0.3) is 5.91 Å². The van der Waals surface area contributed by atoms with Crippen molar-refractivity contribution in [2.75, 3.05) is 22.5 Å². The number of amides is 2. The van der Waals surface area contributed by atoms with E-state index in [1.807, 2.05) is 30.3 Å². The molecule has 3 aromatic carbocycles. The highest BCUT2D eigenvalue weighted by Crippen LogP contribution is 2.42. The number of aromatic carboxylic acids is 1. The summed E-state index contributed by atoms with van der Waals surface area (Å²) in [5, 5.41) is 11.0. The number of hydrogen-bond donors (Lipinski definition) is 2. The smallest absolute Gasteiger partial charge is 0.338 e. The van der Waals surface area contributed by atoms with E-state index < -0.39 is 23.0 Å². The summed E-state index contributed by atoms with van der Waals surface area (Å²) in [5.41, 5.74) is 1.53. The fraction of sp³-hybridized carbons (Fsp3) is 0.160. The Morgan fingerprint density at radius 1 is 0.917 bits per heavy atom. The SMILES string of the molecule is O=C(O)c1c(Cl)c(Cl)c(Cl)c(Cl)c1C(=O)Nc1cccc(SCC(=O)N2CCCc3ccccc32)c1. The van der Waals surface area contributed by atoms with E-state index in [0.29, 0.717) is 12.2 Å². The molecule has 3 aromatic rings. The molecule has 186 valence electrons. The fourth-order valence-electron chi connectivity index (χ4n) is 3.92. The summed E-state index contributed by atoms with van der Waals surface area (Å²) in [6.45, 7) is 0.672. The summed E-state index contributed by atoms with van der Waals surface area (Å²) in [5.74, 6) is -2.10. The summed E-state index contributed by atoms with van der Waals surface area (Å²) in [6.07, 6.45) is 1.86. The van der Waals surface area contributed by atoms with Gasteiger partial charge < -0.3 is 15.3 Å². The number of fused-ring (bicyclic) bond motifs is 1. The van der Waals surface area contributed by atoms with Crippen LogP contribution in [0.15, 0.2) is 53.4 Å². The highest BCUT2D eigenvalue weighted by molar-refractivity contribution is 8.00. The van der Waals surface area contributed by atoms with Gasteiger partial charge >= 0.3 is 5.97 Å². The Morgan fingerprint density at radius 3 is 2.33 bits per heavy atom. The van der Waals surface area contributed by atoms with Gasteiger partial charge in [-0.05, 0) is 42.7 Å². The minimum absolute atomic E-state index is 0.00933. The van der Waals surface area contributed by atoms with E-state index in [1.165, 1.54) is 11.8 Å². The molecule has 1 heterocycles. The molecule has 1 aliphatic rings. The van der Waals surface area contributed by atoms with Crippen molar-refractivity contribution in [2.45, 2.75) is 17.7 Å². The van der Waals surface area contributed by atoms with Crippen LogP contribution in [0.25, 0.3) is 0 Å². The first-order chi connectivity index (χ1) is 17.2. The molecule has 6 nitrogen and oxygen atoms in total. The minimum Gasteiger partial charge on any atom is -0.478 e. The summed E-state index contributed by atoms with van der Waals surface area (Å²) < 4.78 is 0. The molecule has 0 aliphatic carbocycles. The van der Waals surface area contributed by atoms with Gasteiger partial charge in [0.05, 0.1) is 37.0 Å². The predicted octanol–water partition coefficient (Wildman–Crippen LogP) is 7.32. The summed E-state index contributed by atoms with van der Waals surface area (Å²) in [4.78, 5) is 40.2. The normalized spacial score (nSPS) is 12.7. The summed E-state index contributed by atoms with van der Waals surface area (Å²) >= 11 is 25.5. The van der Waals surface area contributed by atoms with Crippen molar-refractivity contribution in [3.8, 4) is 0 Å². The van der Waals surface area contributed by atoms with Crippen LogP contribution < -0.4 is 10.2 Å². The van der Waals surface area contributed by atoms with Gasteiger partial charge in [0.1, 0.15) is 0 Å². The van der Waals surface area contributed by atoms with E-state index in [4.69, 9.17) is 46.4 Å². The van der Waals surface area contributed by atoms with Crippen molar-refractivity contribution in [2.24, 2.45) is 0 Å². The number of nitrogens with zero attached hydrogens (tertiary/aromatic N) is 1. The second-order valence-electron chi connectivity index (χ2n) is 7.86. The first kappa shape index (κ1) is 26.6. The lowest BCUT2D eigenvalue weighted by atomic mass is 10.0. The molecule has 0 bridgehead atoms. The number of carboxylic acid groups (broad SMARTS) is 1. The second-order valence-corrected chi connectivity index (χ2v) is 10.4. The van der Waals surface area contributed by atoms with Crippen molar-refractivity contribution in [3.63, 3.8) is 0 Å². The number of carbonyl (C=O) groups is 3. The van der Waals surface area contributed by atoms with Gasteiger partial charge in [-0.25, -0.2) is 4.79 Å². The Kier molecular flexibility index (Phi) is 8.37. The number of rotatable bonds is 6. The summed E-state index contributed by atoms with van der Waals surface area (Å²) in [6, 6.07) is 14.7. The van der Waals surface area contributed by atoms with Crippen LogP contribution in [-0.4, -0.2) is 35.2 Å². The molecule has 0 fully saturated rings. The number of thioether (sulfide) groups is 1. The van der Waals surface area contributed by atoms with Crippen LogP contribution in [-0.2, 0) is 11.2 Å². The number of aryl methyl sites for hydroxylation is 1. The molecular formula is C25H18Cl4N2O4S. The van der Waals surface area contributed by atoms with E-state index in [2.05, 4.69) is 5.32 Å². The third-order valence-electron chi connectivity index (χ3n) is 5.57. The van der Waals surface area contributed by atoms with Crippen LogP contribution in [0.1, 0.15) is 32.7 Å². The molecule has 1 aliphatic heterocycles. The molecule has 0 saturated heterocycles. The Balaban J connectivity index is 1.50. The van der Waals surface area contributed by atoms with Crippen LogP contribution >= 0.6 is 58.2 Å². The van der Waals surface area contributed by atoms with E-state index in [0.717, 1.165) is 29.0 Å². The van der Waals surface area contributed by atoms with Gasteiger partial charge in [-0.15, -0.1) is 11.8 Å². The van der Waals surface area contributed by atoms with Gasteiger partial charge in [0, 0.05) is 22.8 Å². The van der Waals surface area contributed by atoms with E-state index in [1.54, 1.807) is 23.1 Å². The molecule has 0 radical (unpaired) electrons. The summed E-state index contributed by atoms with van der Waals surface area (Å²) in [7, 11) is 0. The number of hydrogen-bond acceptors (Lipinski definition) is 4. The lowest BCUT2D eigenvalue weighted by Crippen LogP contribution is -2.36. The largest absolute Gasteiger partial charge is 0.478 e. The highest BCUT2D eigenvalue weighted by Gasteiger charge is 2.29. The zero-order valence-corrected chi connectivity index (χ0v) is 22.3. The third kappa shape index (κ3) is 5.45. The number of carboxylic acids is 1. The Labute approximate surface area is 231 Å². The molecule has 0 unspecified atom stereocenters. The van der Waals surface area contributed by atoms with Gasteiger partial charge in [-0.2, -0.15) is 0 Å². The van der Waals surface area contributed by atoms with Crippen molar-refractivity contribution in [1.29, 1.82) is 0 Å². The number of carbonyl (C=O) groups excluding carboxylic acids is 2. The predicted molar refractivity (Wildman–Crippen MR) is 146 cm³/mol. The maximum absolute atomic E-state index is 13.0. The van der Waals surface area contributed by atoms with Crippen molar-refractivity contribution >= 4 is 87.3 Å². The monoisotopic (exact) mass is 582 g/mol. The van der Waals surface area contributed by atoms with Crippen molar-refractivity contribution in [1.82, 2.24) is 0 Å². The first-order valence-corrected chi connectivity index (χ1v) is 13.2. The average Bonchev–Trinajstić information content (AvgIpc) is 2.87. The molecule has 2 N–H and O–H groups in total. The molecule has 11 heteroatoms. The quantitative estimate of drug-likeness (QED) is 0.180. The number of halogens is 4. The molecule has 0 atom stereocenters. The van der Waals surface area contributed by atoms with Crippen molar-refractivity contribution in [3.05, 3.63) is 85.3 Å². The topological polar surface area (TPSA) is 86.7 Å². The number of para-hydroxylation sites is 1. The zero-order valence-electron chi connectivity index (χ0n) is 18.5. The van der Waals surface area contributed by atoms with E-state index in [-0.39, 0.29) is 31.8 Å². The van der Waals surface area contributed by atoms with E-state index >= 15 is 0 Å². The standard InChI is InChI=1S/C25H18Cl4N2O4S/c26-20-18(19(25(34)35)21(27)23(29)22(20)28)24(33)30-14-7-3-8-15(11-14)36-12-17(32)31-10-4-6-13-5-1-2-9-16(13)31/h1-3,5,7-9,11H,4,6,10,12H2,(H,30,33)(H,34,35). The van der Waals surface area contributed by atoms with Crippen LogP contribution in [0, 0.1) is 0 Å². The molecule has 4 rings (SSSR count). The lowest BCUT2D eigenvalue weighted by molar-refractivity contribution is -0.116. The molecule has 0 aromatic heterocycles. The first-order valence-electron chi connectivity index (χ1n) is 10.7. The Bertz CT molecular complexity index is 1380. The molecule has 2 amide bonds. The van der Waals surface area contributed by atoms with E-state index in [9.17, 15) is 19.5 Å². The van der Waals surface area contributed by atoms with Gasteiger partial charge in [-0.3, -0.25) is 9.59 Å². The number of anilines is 2. The van der Waals surface area contributed by atoms with Crippen LogP contribution in [0.5, 0.6) is 0 Å². The van der Waals surface area contributed by atoms with Crippen LogP contribution in [0.4, 0.5) is 11.4 Å². The molecule has 0 saturated carbocycles. The highest BCUT2D eigenvalue weighted by atomic mass is 35.5. The van der Waals surface area contributed by atoms with Gasteiger partial charge in [0.2, 0.25) is 5.91 Å². The maximum atomic E-state index is 13.0. The van der Waals surface area contributed by atoms with Crippen molar-refractivity contribution < 1.29 is 19.5 Å². The zero-order chi connectivity index (χ0) is 26.0. The third-order valence-corrected chi connectivity index (χ3v) is 8.35. The minimum atomic E-state index is -1.48. The van der Waals surface area contributed by atoms with Gasteiger partial charge in [-0.1, -0.05) is 70.7 Å². The number of nitrogens with one attached hydrogen (secondary N) is 1. The Morgan fingerprint density at radius 2 is 1.61 bits per heavy atom. The van der Waals surface area contributed by atoms with Crippen LogP contribution in [0.2, 0.25) is 20.1 Å². The second kappa shape index (κ2) is 11.3. The van der Waals surface area contributed by atoms with Gasteiger partial charge in [0.15, 0.2) is 0 Å². The molecular weight excluding hydrogens is 566 g/mol. The molecule has 0 spiro atoms. The molecule has 36 heavy (non-hydrogen) atoms. The maximum Gasteiger partial charge on any atom is 0.338 e. The number of benzene rings is 3. The van der Waals surface area contributed by atoms with Crippen LogP contribution in [0.3, 0.4) is 0 Å². The average molecular weight is 584 g/mol.